The van der Waals surface area contributed by atoms with Crippen LogP contribution in [0.3, 0.4) is 0 Å². The molecule has 0 spiro atoms. The third-order valence-corrected chi connectivity index (χ3v) is 12.9. The van der Waals surface area contributed by atoms with Crippen molar-refractivity contribution < 1.29 is 57.6 Å². The molecular weight excluding hydrogens is 854 g/mol. The lowest BCUT2D eigenvalue weighted by Crippen LogP contribution is -2.70. The fraction of sp³-hybridized carbons (Fsp3) is 0.400. The Balaban J connectivity index is 1.30. The SMILES string of the molecule is C=CCO[C@@]12Oc3ccc(OCc4ccccc4F)cc3[C@H]3[C@H](CCCCO)[C@@H](CCCCO)C=C(C(=NOC)C[C@@H]1N(Cc1ccc4c(c1)OCO4)C(=O)Oc1ccc([N+](=O)[O-])cc1)[C@H]32. The minimum Gasteiger partial charge on any atom is -0.489 e. The van der Waals surface area contributed by atoms with Gasteiger partial charge in [-0.2, -0.15) is 0 Å². The number of oxime groups is 1. The molecule has 2 aliphatic heterocycles. The molecule has 8 rings (SSSR count). The second-order valence-corrected chi connectivity index (χ2v) is 16.8. The number of nitrogens with zero attached hydrogens (tertiary/aromatic N) is 3. The first-order valence-corrected chi connectivity index (χ1v) is 22.3. The lowest BCUT2D eigenvalue weighted by atomic mass is 9.55. The average molecular weight is 908 g/mol. The number of unbranched alkanes of at least 4 members (excludes halogenated alkanes) is 2. The summed E-state index contributed by atoms with van der Waals surface area (Å²) >= 11 is 0. The molecule has 4 aromatic rings. The molecule has 16 heteroatoms. The van der Waals surface area contributed by atoms with Gasteiger partial charge in [-0.25, -0.2) is 9.18 Å². The van der Waals surface area contributed by atoms with E-state index in [0.29, 0.717) is 65.5 Å². The summed E-state index contributed by atoms with van der Waals surface area (Å²) in [6.07, 6.45) is 7.26. The smallest absolute Gasteiger partial charge is 0.416 e. The van der Waals surface area contributed by atoms with Crippen LogP contribution in [0.4, 0.5) is 14.9 Å². The molecule has 1 saturated carbocycles. The average Bonchev–Trinajstić information content (AvgIpc) is 3.80. The van der Waals surface area contributed by atoms with Gasteiger partial charge in [-0.05, 0) is 97.2 Å². The van der Waals surface area contributed by atoms with Crippen LogP contribution in [0.15, 0.2) is 114 Å². The fourth-order valence-corrected chi connectivity index (χ4v) is 9.96. The maximum atomic E-state index is 15.0. The summed E-state index contributed by atoms with van der Waals surface area (Å²) in [4.78, 5) is 33.1. The minimum absolute atomic E-state index is 0.0138. The number of nitro groups is 1. The number of rotatable bonds is 20. The number of hydrogen-bond acceptors (Lipinski definition) is 13. The van der Waals surface area contributed by atoms with Crippen molar-refractivity contribution in [2.24, 2.45) is 22.9 Å². The van der Waals surface area contributed by atoms with Crippen LogP contribution in [0, 0.1) is 33.7 Å². The predicted molar refractivity (Wildman–Crippen MR) is 240 cm³/mol. The normalized spacial score (nSPS) is 22.9. The van der Waals surface area contributed by atoms with Gasteiger partial charge in [0.05, 0.1) is 23.2 Å². The number of non-ortho nitro benzene ring substituents is 1. The zero-order chi connectivity index (χ0) is 46.2. The van der Waals surface area contributed by atoms with E-state index in [0.717, 1.165) is 24.0 Å². The molecule has 0 aromatic heterocycles. The van der Waals surface area contributed by atoms with Crippen molar-refractivity contribution in [2.75, 3.05) is 33.7 Å². The first kappa shape index (κ1) is 46.1. The van der Waals surface area contributed by atoms with Gasteiger partial charge in [0.1, 0.15) is 42.8 Å². The molecule has 4 aliphatic rings. The molecule has 4 aromatic carbocycles. The van der Waals surface area contributed by atoms with Gasteiger partial charge in [-0.15, -0.1) is 6.58 Å². The van der Waals surface area contributed by atoms with E-state index in [-0.39, 0.29) is 81.2 Å². The van der Waals surface area contributed by atoms with Crippen molar-refractivity contribution in [1.29, 1.82) is 0 Å². The number of aliphatic hydroxyl groups is 2. The molecule has 2 heterocycles. The van der Waals surface area contributed by atoms with Gasteiger partial charge in [0.25, 0.3) is 5.69 Å². The zero-order valence-corrected chi connectivity index (χ0v) is 36.7. The number of nitro benzene ring substituents is 1. The molecule has 1 fully saturated rings. The summed E-state index contributed by atoms with van der Waals surface area (Å²) < 4.78 is 52.9. The van der Waals surface area contributed by atoms with E-state index < -0.39 is 28.8 Å². The van der Waals surface area contributed by atoms with Crippen LogP contribution in [-0.4, -0.2) is 77.4 Å². The number of carbonyl (C=O) groups excluding carboxylic acids is 1. The molecule has 0 saturated heterocycles. The number of fused-ring (bicyclic) bond motifs is 3. The van der Waals surface area contributed by atoms with Crippen LogP contribution in [-0.2, 0) is 22.7 Å². The van der Waals surface area contributed by atoms with Gasteiger partial charge < -0.3 is 43.5 Å². The molecule has 66 heavy (non-hydrogen) atoms. The van der Waals surface area contributed by atoms with E-state index >= 15 is 4.79 Å². The quantitative estimate of drug-likeness (QED) is 0.0372. The van der Waals surface area contributed by atoms with Gasteiger partial charge in [0.2, 0.25) is 12.6 Å². The molecule has 2 N–H and O–H groups in total. The number of allylic oxidation sites excluding steroid dienone is 1. The first-order valence-electron chi connectivity index (χ1n) is 22.3. The molecule has 0 radical (unpaired) electrons. The van der Waals surface area contributed by atoms with E-state index in [4.69, 9.17) is 33.3 Å². The number of ether oxygens (including phenoxy) is 6. The standard InChI is InChI=1S/C50H54FN3O12/c1-3-24-64-50-46(53(29-32-14-20-44-45(25-32)63-31-62-44)49(57)65-36-17-15-35(16-18-36)54(58)59)28-42(52-60-2)39-26-33(10-6-8-22-55)38(12-7-9-23-56)47(48(39)50)40-27-37(19-21-43(40)66-50)61-30-34-11-4-5-13-41(34)51/h3-5,11,13-21,25-27,33,38,46-48,55-56H,1,6-10,12,22-24,28-31H2,2H3/t33-,38+,46-,47+,48+,50+/m0/s1. The van der Waals surface area contributed by atoms with E-state index in [9.17, 15) is 24.7 Å². The Kier molecular flexibility index (Phi) is 14.5. The maximum absolute atomic E-state index is 15.0. The monoisotopic (exact) mass is 907 g/mol. The number of aliphatic hydroxyl groups excluding tert-OH is 2. The molecule has 0 unspecified atom stereocenters. The lowest BCUT2D eigenvalue weighted by molar-refractivity contribution is -0.384. The molecule has 15 nitrogen and oxygen atoms in total. The molecule has 0 bridgehead atoms. The van der Waals surface area contributed by atoms with Crippen LogP contribution in [0.1, 0.15) is 67.6 Å². The highest BCUT2D eigenvalue weighted by atomic mass is 19.1. The number of amides is 1. The Labute approximate surface area is 382 Å². The van der Waals surface area contributed by atoms with Crippen LogP contribution < -0.4 is 23.7 Å². The summed E-state index contributed by atoms with van der Waals surface area (Å²) in [5.41, 5.74) is 3.11. The second-order valence-electron chi connectivity index (χ2n) is 16.8. The van der Waals surface area contributed by atoms with Crippen LogP contribution in [0.5, 0.6) is 28.7 Å². The molecule has 2 aliphatic carbocycles. The first-order chi connectivity index (χ1) is 32.2. The highest BCUT2D eigenvalue weighted by Crippen LogP contribution is 2.62. The van der Waals surface area contributed by atoms with E-state index in [2.05, 4.69) is 17.8 Å². The molecule has 6 atom stereocenters. The highest BCUT2D eigenvalue weighted by molar-refractivity contribution is 6.03. The number of hydrogen-bond donors (Lipinski definition) is 2. The summed E-state index contributed by atoms with van der Waals surface area (Å²) in [6.45, 7) is 4.09. The highest BCUT2D eigenvalue weighted by Gasteiger charge is 2.65. The summed E-state index contributed by atoms with van der Waals surface area (Å²) in [6, 6.07) is 21.6. The molecular formula is C50H54FN3O12. The Morgan fingerprint density at radius 1 is 0.970 bits per heavy atom. The number of halogens is 1. The lowest BCUT2D eigenvalue weighted by Gasteiger charge is -2.59. The molecule has 1 amide bonds. The summed E-state index contributed by atoms with van der Waals surface area (Å²) in [5, 5.41) is 36.0. The van der Waals surface area contributed by atoms with Crippen LogP contribution in [0.25, 0.3) is 0 Å². The Morgan fingerprint density at radius 2 is 1.71 bits per heavy atom. The Bertz CT molecular complexity index is 2450. The summed E-state index contributed by atoms with van der Waals surface area (Å²) in [7, 11) is 1.47. The van der Waals surface area contributed by atoms with E-state index in [1.807, 2.05) is 18.2 Å². The fourth-order valence-electron chi connectivity index (χ4n) is 9.96. The molecule has 348 valence electrons. The van der Waals surface area contributed by atoms with Crippen molar-refractivity contribution in [3.63, 3.8) is 0 Å². The van der Waals surface area contributed by atoms with Crippen molar-refractivity contribution >= 4 is 17.5 Å². The topological polar surface area (TPSA) is 181 Å². The van der Waals surface area contributed by atoms with Crippen molar-refractivity contribution in [3.8, 4) is 28.7 Å². The zero-order valence-electron chi connectivity index (χ0n) is 36.7. The van der Waals surface area contributed by atoms with Crippen molar-refractivity contribution in [3.05, 3.63) is 142 Å². The number of benzene rings is 4. The Hall–Kier alpha value is -6.49. The minimum atomic E-state index is -1.63. The van der Waals surface area contributed by atoms with E-state index in [1.54, 1.807) is 42.5 Å². The van der Waals surface area contributed by atoms with Gasteiger partial charge in [-0.3, -0.25) is 15.0 Å². The van der Waals surface area contributed by atoms with Crippen molar-refractivity contribution in [1.82, 2.24) is 4.90 Å². The Morgan fingerprint density at radius 3 is 2.45 bits per heavy atom. The predicted octanol–water partition coefficient (Wildman–Crippen LogP) is 9.01. The maximum Gasteiger partial charge on any atom is 0.416 e. The third-order valence-electron chi connectivity index (χ3n) is 12.9. The van der Waals surface area contributed by atoms with Crippen LogP contribution in [0.2, 0.25) is 0 Å². The van der Waals surface area contributed by atoms with Gasteiger partial charge in [0, 0.05) is 55.4 Å². The van der Waals surface area contributed by atoms with E-state index in [1.165, 1.54) is 42.3 Å². The second kappa shape index (κ2) is 20.8. The van der Waals surface area contributed by atoms with Gasteiger partial charge in [-0.1, -0.05) is 54.4 Å². The largest absolute Gasteiger partial charge is 0.489 e. The van der Waals surface area contributed by atoms with Gasteiger partial charge >= 0.3 is 6.09 Å². The van der Waals surface area contributed by atoms with Crippen molar-refractivity contribution in [2.45, 2.75) is 75.8 Å². The summed E-state index contributed by atoms with van der Waals surface area (Å²) in [5.74, 6) is -0.979. The third kappa shape index (κ3) is 9.57. The number of carbonyl (C=O) groups is 1. The van der Waals surface area contributed by atoms with Crippen LogP contribution >= 0.6 is 0 Å². The van der Waals surface area contributed by atoms with Gasteiger partial charge in [0.15, 0.2) is 11.5 Å².